The summed E-state index contributed by atoms with van der Waals surface area (Å²) in [5.41, 5.74) is -0.350. The highest BCUT2D eigenvalue weighted by molar-refractivity contribution is 7.79. The van der Waals surface area contributed by atoms with Gasteiger partial charge in [-0.3, -0.25) is 0 Å². The molecule has 0 saturated heterocycles. The predicted molar refractivity (Wildman–Crippen MR) is 42.4 cm³/mol. The predicted octanol–water partition coefficient (Wildman–Crippen LogP) is 1.10. The average Bonchev–Trinajstić information content (AvgIpc) is 2.03. The van der Waals surface area contributed by atoms with Gasteiger partial charge in [0.15, 0.2) is 11.1 Å². The minimum atomic E-state index is -2.37. The Hall–Kier alpha value is -1.27. The first kappa shape index (κ1) is 9.82. The van der Waals surface area contributed by atoms with Crippen molar-refractivity contribution < 1.29 is 23.1 Å². The highest BCUT2D eigenvalue weighted by atomic mass is 32.2. The van der Waals surface area contributed by atoms with Crippen LogP contribution in [0.3, 0.4) is 0 Å². The highest BCUT2D eigenvalue weighted by Crippen LogP contribution is 2.11. The summed E-state index contributed by atoms with van der Waals surface area (Å²) >= 11 is -2.37. The molecule has 4 nitrogen and oxygen atoms in total. The molecule has 0 heterocycles. The van der Waals surface area contributed by atoms with Crippen LogP contribution in [0.2, 0.25) is 0 Å². The first-order chi connectivity index (χ1) is 6.00. The molecule has 0 radical (unpaired) electrons. The molecule has 0 aliphatic rings. The van der Waals surface area contributed by atoms with Gasteiger partial charge in [-0.15, -0.1) is 0 Å². The van der Waals surface area contributed by atoms with E-state index in [-0.39, 0.29) is 10.5 Å². The van der Waals surface area contributed by atoms with E-state index in [1.165, 1.54) is 0 Å². The number of halogens is 1. The number of hydrogen-bond donors (Lipinski definition) is 2. The van der Waals surface area contributed by atoms with E-state index in [4.69, 9.17) is 9.66 Å². The number of carboxylic acids is 1. The van der Waals surface area contributed by atoms with Crippen LogP contribution in [0.5, 0.6) is 0 Å². The van der Waals surface area contributed by atoms with Crippen LogP contribution in [-0.4, -0.2) is 19.8 Å². The van der Waals surface area contributed by atoms with Crippen LogP contribution in [0.1, 0.15) is 10.4 Å². The third kappa shape index (κ3) is 2.33. The highest BCUT2D eigenvalue weighted by Gasteiger charge is 2.09. The van der Waals surface area contributed by atoms with E-state index in [1.54, 1.807) is 0 Å². The lowest BCUT2D eigenvalue weighted by atomic mass is 10.2. The maximum Gasteiger partial charge on any atom is 0.335 e. The molecule has 0 saturated carbocycles. The van der Waals surface area contributed by atoms with Crippen LogP contribution in [0.4, 0.5) is 4.39 Å². The zero-order valence-corrected chi connectivity index (χ0v) is 7.05. The maximum atomic E-state index is 12.6. The zero-order valence-electron chi connectivity index (χ0n) is 6.23. The van der Waals surface area contributed by atoms with Crippen molar-refractivity contribution in [1.29, 1.82) is 0 Å². The van der Waals surface area contributed by atoms with Gasteiger partial charge < -0.3 is 9.66 Å². The molecule has 1 aromatic carbocycles. The summed E-state index contributed by atoms with van der Waals surface area (Å²) in [7, 11) is 0. The average molecular weight is 204 g/mol. The Kier molecular flexibility index (Phi) is 2.74. The molecule has 0 bridgehead atoms. The van der Waals surface area contributed by atoms with Crippen LogP contribution in [0.15, 0.2) is 23.1 Å². The quantitative estimate of drug-likeness (QED) is 0.707. The van der Waals surface area contributed by atoms with Gasteiger partial charge in [-0.2, -0.15) is 0 Å². The molecule has 1 rings (SSSR count). The smallest absolute Gasteiger partial charge is 0.335 e. The number of hydrogen-bond acceptors (Lipinski definition) is 2. The molecule has 13 heavy (non-hydrogen) atoms. The lowest BCUT2D eigenvalue weighted by Crippen LogP contribution is -1.99. The number of benzene rings is 1. The van der Waals surface area contributed by atoms with Crippen LogP contribution in [-0.2, 0) is 11.1 Å². The van der Waals surface area contributed by atoms with Crippen molar-refractivity contribution in [2.24, 2.45) is 0 Å². The molecule has 1 aromatic rings. The summed E-state index contributed by atoms with van der Waals surface area (Å²) in [6.45, 7) is 0. The second-order valence-electron chi connectivity index (χ2n) is 2.23. The normalized spacial score (nSPS) is 12.5. The second kappa shape index (κ2) is 3.63. The molecule has 2 N–H and O–H groups in total. The summed E-state index contributed by atoms with van der Waals surface area (Å²) in [4.78, 5) is 10.1. The van der Waals surface area contributed by atoms with Crippen LogP contribution in [0, 0.1) is 5.82 Å². The Morgan fingerprint density at radius 3 is 2.46 bits per heavy atom. The first-order valence-corrected chi connectivity index (χ1v) is 4.26. The molecular formula is C7H5FO4S. The fraction of sp³-hybridized carbons (Fsp3) is 0. The van der Waals surface area contributed by atoms with Crippen molar-refractivity contribution in [2.45, 2.75) is 4.90 Å². The van der Waals surface area contributed by atoms with Gasteiger partial charge in [0.2, 0.25) is 0 Å². The van der Waals surface area contributed by atoms with Crippen molar-refractivity contribution in [1.82, 2.24) is 0 Å². The maximum absolute atomic E-state index is 12.6. The molecular weight excluding hydrogens is 199 g/mol. The minimum Gasteiger partial charge on any atom is -0.478 e. The summed E-state index contributed by atoms with van der Waals surface area (Å²) in [6.07, 6.45) is 0. The summed E-state index contributed by atoms with van der Waals surface area (Å²) in [5.74, 6) is -2.19. The number of rotatable bonds is 2. The standard InChI is InChI=1S/C7H5FO4S/c8-5-1-4(7(9)10)2-6(3-5)13(11)12/h1-3H,(H,9,10)(H,11,12). The van der Waals surface area contributed by atoms with Crippen LogP contribution in [0.25, 0.3) is 0 Å². The molecule has 0 aromatic heterocycles. The van der Waals surface area contributed by atoms with Crippen molar-refractivity contribution in [2.75, 3.05) is 0 Å². The van der Waals surface area contributed by atoms with Crippen molar-refractivity contribution in [3.05, 3.63) is 29.6 Å². The molecule has 0 aliphatic carbocycles. The largest absolute Gasteiger partial charge is 0.478 e. The van der Waals surface area contributed by atoms with Crippen LogP contribution >= 0.6 is 0 Å². The molecule has 1 atom stereocenters. The summed E-state index contributed by atoms with van der Waals surface area (Å²) in [5, 5.41) is 8.47. The fourth-order valence-electron chi connectivity index (χ4n) is 0.787. The van der Waals surface area contributed by atoms with E-state index in [0.717, 1.165) is 18.2 Å². The molecule has 70 valence electrons. The Morgan fingerprint density at radius 1 is 1.38 bits per heavy atom. The lowest BCUT2D eigenvalue weighted by molar-refractivity contribution is 0.0696. The van der Waals surface area contributed by atoms with Gasteiger partial charge >= 0.3 is 5.97 Å². The van der Waals surface area contributed by atoms with Gasteiger partial charge in [0.1, 0.15) is 5.82 Å². The zero-order chi connectivity index (χ0) is 10.0. The van der Waals surface area contributed by atoms with E-state index in [2.05, 4.69) is 0 Å². The second-order valence-corrected chi connectivity index (χ2v) is 3.20. The van der Waals surface area contributed by atoms with Gasteiger partial charge in [0, 0.05) is 0 Å². The number of carboxylic acid groups (broad SMARTS) is 1. The fourth-order valence-corrected chi connectivity index (χ4v) is 1.23. The Bertz CT molecular complexity index is 345. The van der Waals surface area contributed by atoms with Crippen molar-refractivity contribution in [3.63, 3.8) is 0 Å². The first-order valence-electron chi connectivity index (χ1n) is 3.15. The summed E-state index contributed by atoms with van der Waals surface area (Å²) in [6, 6.07) is 2.53. The van der Waals surface area contributed by atoms with E-state index in [9.17, 15) is 13.4 Å². The molecule has 6 heteroatoms. The van der Waals surface area contributed by atoms with Gasteiger partial charge in [0.25, 0.3) is 0 Å². The lowest BCUT2D eigenvalue weighted by Gasteiger charge is -1.98. The Balaban J connectivity index is 3.26. The van der Waals surface area contributed by atoms with Crippen molar-refractivity contribution >= 4 is 17.0 Å². The molecule has 0 fully saturated rings. The van der Waals surface area contributed by atoms with Crippen LogP contribution < -0.4 is 0 Å². The van der Waals surface area contributed by atoms with Gasteiger partial charge in [-0.05, 0) is 18.2 Å². The van der Waals surface area contributed by atoms with E-state index in [0.29, 0.717) is 0 Å². The van der Waals surface area contributed by atoms with Crippen molar-refractivity contribution in [3.8, 4) is 0 Å². The van der Waals surface area contributed by atoms with Gasteiger partial charge in [-0.1, -0.05) is 0 Å². The Labute approximate surface area is 75.3 Å². The summed E-state index contributed by atoms with van der Waals surface area (Å²) < 4.78 is 31.7. The SMILES string of the molecule is O=C(O)c1cc(F)cc(S(=O)O)c1. The number of carbonyl (C=O) groups is 1. The monoisotopic (exact) mass is 204 g/mol. The van der Waals surface area contributed by atoms with Gasteiger partial charge in [0.05, 0.1) is 10.5 Å². The molecule has 1 unspecified atom stereocenters. The third-order valence-corrected chi connectivity index (χ3v) is 1.96. The van der Waals surface area contributed by atoms with E-state index < -0.39 is 22.9 Å². The van der Waals surface area contributed by atoms with E-state index in [1.807, 2.05) is 0 Å². The third-order valence-electron chi connectivity index (χ3n) is 1.32. The van der Waals surface area contributed by atoms with E-state index >= 15 is 0 Å². The Morgan fingerprint density at radius 2 is 2.00 bits per heavy atom. The topological polar surface area (TPSA) is 74.6 Å². The van der Waals surface area contributed by atoms with Gasteiger partial charge in [-0.25, -0.2) is 13.4 Å². The number of aromatic carboxylic acids is 1. The molecule has 0 aliphatic heterocycles. The minimum absolute atomic E-state index is 0.266. The molecule has 0 spiro atoms. The molecule has 0 amide bonds.